The lowest BCUT2D eigenvalue weighted by molar-refractivity contribution is -0.131. The molecule has 1 unspecified atom stereocenters. The number of urea groups is 1. The molecule has 0 bridgehead atoms. The Labute approximate surface area is 238 Å². The molecule has 0 spiro atoms. The van der Waals surface area contributed by atoms with Gasteiger partial charge in [-0.2, -0.15) is 0 Å². The molecule has 3 amide bonds. The lowest BCUT2D eigenvalue weighted by atomic mass is 10.1. The second kappa shape index (κ2) is 13.5. The van der Waals surface area contributed by atoms with Gasteiger partial charge in [0.2, 0.25) is 5.91 Å². The van der Waals surface area contributed by atoms with Gasteiger partial charge in [0, 0.05) is 17.9 Å². The number of benzene rings is 3. The highest BCUT2D eigenvalue weighted by Crippen LogP contribution is 2.25. The minimum absolute atomic E-state index is 0.0386. The summed E-state index contributed by atoms with van der Waals surface area (Å²) in [4.78, 5) is 51.5. The van der Waals surface area contributed by atoms with Crippen molar-refractivity contribution in [1.82, 2.24) is 4.90 Å². The van der Waals surface area contributed by atoms with Crippen LogP contribution >= 0.6 is 0 Å². The molecule has 10 nitrogen and oxygen atoms in total. The minimum Gasteiger partial charge on any atom is -0.491 e. The van der Waals surface area contributed by atoms with Crippen molar-refractivity contribution in [3.05, 3.63) is 89.0 Å². The summed E-state index contributed by atoms with van der Waals surface area (Å²) < 4.78 is 15.5. The first kappa shape index (κ1) is 29.1. The number of aryl methyl sites for hydroxylation is 1. The zero-order valence-electron chi connectivity index (χ0n) is 23.3. The third-order valence-corrected chi connectivity index (χ3v) is 6.90. The molecule has 214 valence electrons. The van der Waals surface area contributed by atoms with Crippen LogP contribution < -0.4 is 15.4 Å². The largest absolute Gasteiger partial charge is 0.491 e. The van der Waals surface area contributed by atoms with Gasteiger partial charge < -0.3 is 29.7 Å². The maximum Gasteiger partial charge on any atom is 0.341 e. The van der Waals surface area contributed by atoms with Crippen LogP contribution in [0.1, 0.15) is 44.7 Å². The summed E-state index contributed by atoms with van der Waals surface area (Å²) in [6.45, 7) is 2.71. The number of para-hydroxylation sites is 1. The van der Waals surface area contributed by atoms with Gasteiger partial charge in [0.05, 0.1) is 32.2 Å². The fourth-order valence-electron chi connectivity index (χ4n) is 4.67. The van der Waals surface area contributed by atoms with Crippen molar-refractivity contribution in [3.8, 4) is 5.75 Å². The summed E-state index contributed by atoms with van der Waals surface area (Å²) in [5.41, 5.74) is 3.43. The highest BCUT2D eigenvalue weighted by atomic mass is 16.5. The van der Waals surface area contributed by atoms with Crippen molar-refractivity contribution in [2.24, 2.45) is 0 Å². The van der Waals surface area contributed by atoms with Crippen LogP contribution in [0.25, 0.3) is 0 Å². The molecule has 0 saturated carbocycles. The van der Waals surface area contributed by atoms with E-state index in [4.69, 9.17) is 14.2 Å². The molecule has 0 aliphatic carbocycles. The van der Waals surface area contributed by atoms with E-state index < -0.39 is 11.9 Å². The van der Waals surface area contributed by atoms with Crippen molar-refractivity contribution in [3.63, 3.8) is 0 Å². The van der Waals surface area contributed by atoms with Gasteiger partial charge in [-0.15, -0.1) is 0 Å². The van der Waals surface area contributed by atoms with Gasteiger partial charge in [0.15, 0.2) is 0 Å². The Balaban J connectivity index is 1.33. The fourth-order valence-corrected chi connectivity index (χ4v) is 4.67. The Kier molecular flexibility index (Phi) is 9.57. The normalized spacial score (nSPS) is 14.2. The molecule has 0 radical (unpaired) electrons. The highest BCUT2D eigenvalue weighted by Gasteiger charge is 2.30. The number of esters is 2. The predicted molar refractivity (Wildman–Crippen MR) is 153 cm³/mol. The molecule has 3 aromatic rings. The number of carbonyl (C=O) groups is 4. The second-order valence-corrected chi connectivity index (χ2v) is 9.66. The number of nitrogens with zero attached hydrogens (tertiary/aromatic N) is 1. The van der Waals surface area contributed by atoms with E-state index in [0.717, 1.165) is 29.7 Å². The van der Waals surface area contributed by atoms with Crippen LogP contribution in [0.4, 0.5) is 16.2 Å². The number of hydrogen-bond donors (Lipinski definition) is 2. The van der Waals surface area contributed by atoms with Gasteiger partial charge in [-0.1, -0.05) is 30.3 Å². The van der Waals surface area contributed by atoms with Gasteiger partial charge in [0.25, 0.3) is 0 Å². The summed E-state index contributed by atoms with van der Waals surface area (Å²) in [5, 5.41) is 5.63. The molecule has 1 fully saturated rings. The first-order chi connectivity index (χ1) is 19.8. The molecule has 3 aromatic carbocycles. The van der Waals surface area contributed by atoms with Crippen LogP contribution in [0, 0.1) is 6.92 Å². The Bertz CT molecular complexity index is 1420. The first-order valence-corrected chi connectivity index (χ1v) is 13.2. The second-order valence-electron chi connectivity index (χ2n) is 9.66. The number of ether oxygens (including phenoxy) is 3. The molecular weight excluding hydrogens is 526 g/mol. The number of rotatable bonds is 9. The zero-order valence-corrected chi connectivity index (χ0v) is 23.3. The molecule has 1 aliphatic rings. The molecule has 1 atom stereocenters. The van der Waals surface area contributed by atoms with Crippen molar-refractivity contribution in [2.45, 2.75) is 32.2 Å². The van der Waals surface area contributed by atoms with Crippen LogP contribution in [-0.4, -0.2) is 62.2 Å². The fraction of sp³-hybridized carbons (Fsp3) is 0.290. The zero-order chi connectivity index (χ0) is 29.4. The standard InChI is InChI=1S/C31H33N3O7/c1-20-7-4-5-9-26(20)33-31(38)32-23-13-10-21(11-14-23)17-28(35)34-16-6-8-24(34)19-41-27-15-12-22(29(36)39-2)18-25(27)30(37)40-3/h4-5,7,9-15,18,24H,6,8,16-17,19H2,1-3H3,(H2,32,33,38). The van der Waals surface area contributed by atoms with Crippen LogP contribution in [0.5, 0.6) is 5.75 Å². The highest BCUT2D eigenvalue weighted by molar-refractivity contribution is 6.00. The maximum absolute atomic E-state index is 13.2. The van der Waals surface area contributed by atoms with E-state index in [-0.39, 0.29) is 47.9 Å². The average Bonchev–Trinajstić information content (AvgIpc) is 3.46. The van der Waals surface area contributed by atoms with Crippen molar-refractivity contribution < 1.29 is 33.4 Å². The van der Waals surface area contributed by atoms with Crippen molar-refractivity contribution in [2.75, 3.05) is 38.0 Å². The van der Waals surface area contributed by atoms with Crippen LogP contribution in [0.3, 0.4) is 0 Å². The Hall–Kier alpha value is -4.86. The van der Waals surface area contributed by atoms with Crippen molar-refractivity contribution >= 4 is 35.3 Å². The van der Waals surface area contributed by atoms with E-state index in [2.05, 4.69) is 10.6 Å². The van der Waals surface area contributed by atoms with Gasteiger partial charge in [-0.3, -0.25) is 4.79 Å². The number of anilines is 2. The maximum atomic E-state index is 13.2. The molecule has 41 heavy (non-hydrogen) atoms. The quantitative estimate of drug-likeness (QED) is 0.360. The van der Waals surface area contributed by atoms with E-state index >= 15 is 0 Å². The van der Waals surface area contributed by atoms with Crippen LogP contribution in [-0.2, 0) is 20.7 Å². The monoisotopic (exact) mass is 559 g/mol. The molecule has 1 saturated heterocycles. The number of hydrogen-bond acceptors (Lipinski definition) is 7. The Morgan fingerprint density at radius 1 is 0.902 bits per heavy atom. The summed E-state index contributed by atoms with van der Waals surface area (Å²) in [6, 6.07) is 18.6. The number of likely N-dealkylation sites (tertiary alicyclic amines) is 1. The van der Waals surface area contributed by atoms with Gasteiger partial charge in [-0.05, 0) is 67.3 Å². The van der Waals surface area contributed by atoms with Crippen LogP contribution in [0.15, 0.2) is 66.7 Å². The third-order valence-electron chi connectivity index (χ3n) is 6.90. The van der Waals surface area contributed by atoms with Crippen molar-refractivity contribution in [1.29, 1.82) is 0 Å². The van der Waals surface area contributed by atoms with Gasteiger partial charge in [-0.25, -0.2) is 14.4 Å². The number of amides is 3. The molecule has 1 heterocycles. The Morgan fingerprint density at radius 3 is 2.34 bits per heavy atom. The van der Waals surface area contributed by atoms with Crippen LogP contribution in [0.2, 0.25) is 0 Å². The lowest BCUT2D eigenvalue weighted by Crippen LogP contribution is -2.40. The summed E-state index contributed by atoms with van der Waals surface area (Å²) in [5.74, 6) is -0.999. The van der Waals surface area contributed by atoms with E-state index in [1.807, 2.05) is 43.3 Å². The third kappa shape index (κ3) is 7.42. The first-order valence-electron chi connectivity index (χ1n) is 13.2. The van der Waals surface area contributed by atoms with E-state index in [1.54, 1.807) is 17.0 Å². The summed E-state index contributed by atoms with van der Waals surface area (Å²) >= 11 is 0. The lowest BCUT2D eigenvalue weighted by Gasteiger charge is -2.25. The average molecular weight is 560 g/mol. The molecule has 1 aliphatic heterocycles. The summed E-state index contributed by atoms with van der Waals surface area (Å²) in [7, 11) is 2.51. The van der Waals surface area contributed by atoms with E-state index in [0.29, 0.717) is 12.2 Å². The molecule has 2 N–H and O–H groups in total. The number of methoxy groups -OCH3 is 2. The molecule has 10 heteroatoms. The predicted octanol–water partition coefficient (Wildman–Crippen LogP) is 4.82. The minimum atomic E-state index is -0.643. The van der Waals surface area contributed by atoms with E-state index in [9.17, 15) is 19.2 Å². The number of carbonyl (C=O) groups excluding carboxylic acids is 4. The van der Waals surface area contributed by atoms with E-state index in [1.165, 1.54) is 32.4 Å². The SMILES string of the molecule is COC(=O)c1ccc(OCC2CCCN2C(=O)Cc2ccc(NC(=O)Nc3ccccc3C)cc2)c(C(=O)OC)c1. The molecule has 4 rings (SSSR count). The number of nitrogens with one attached hydrogen (secondary N) is 2. The topological polar surface area (TPSA) is 123 Å². The summed E-state index contributed by atoms with van der Waals surface area (Å²) in [6.07, 6.45) is 1.80. The Morgan fingerprint density at radius 2 is 1.63 bits per heavy atom. The molecular formula is C31H33N3O7. The smallest absolute Gasteiger partial charge is 0.341 e. The van der Waals surface area contributed by atoms with Gasteiger partial charge in [0.1, 0.15) is 17.9 Å². The van der Waals surface area contributed by atoms with Gasteiger partial charge >= 0.3 is 18.0 Å². The molecule has 0 aromatic heterocycles.